The van der Waals surface area contributed by atoms with E-state index in [4.69, 9.17) is 9.47 Å². The first-order valence-corrected chi connectivity index (χ1v) is 10.8. The Morgan fingerprint density at radius 1 is 1.03 bits per heavy atom. The molecule has 5 rings (SSSR count). The molecule has 0 radical (unpaired) electrons. The van der Waals surface area contributed by atoms with E-state index in [2.05, 4.69) is 40.1 Å². The number of piperazine rings is 1. The zero-order chi connectivity index (χ0) is 20.4. The van der Waals surface area contributed by atoms with E-state index >= 15 is 0 Å². The Morgan fingerprint density at radius 3 is 2.53 bits per heavy atom. The first-order valence-electron chi connectivity index (χ1n) is 10.8. The van der Waals surface area contributed by atoms with Gasteiger partial charge in [-0.1, -0.05) is 48.5 Å². The van der Waals surface area contributed by atoms with Gasteiger partial charge >= 0.3 is 0 Å². The standard InChI is InChI=1S/C24H29N3O3/c28-23(16-30-22-9-5-2-6-10-22)26-18-24(19-26)17-25(13-20-7-3-1-4-8-20)14-21-15-29-12-11-27(21)24/h1-10,21H,11-19H2. The second-order valence-corrected chi connectivity index (χ2v) is 8.65. The van der Waals surface area contributed by atoms with Gasteiger partial charge in [0.15, 0.2) is 6.61 Å². The molecule has 1 amide bonds. The van der Waals surface area contributed by atoms with E-state index in [-0.39, 0.29) is 18.1 Å². The molecule has 2 aromatic carbocycles. The molecule has 0 bridgehead atoms. The topological polar surface area (TPSA) is 45.3 Å². The summed E-state index contributed by atoms with van der Waals surface area (Å²) in [5, 5.41) is 0. The Morgan fingerprint density at radius 2 is 1.77 bits per heavy atom. The van der Waals surface area contributed by atoms with Gasteiger partial charge in [0.05, 0.1) is 18.8 Å². The molecule has 6 nitrogen and oxygen atoms in total. The van der Waals surface area contributed by atoms with Crippen molar-refractivity contribution < 1.29 is 14.3 Å². The van der Waals surface area contributed by atoms with Gasteiger partial charge in [-0.25, -0.2) is 0 Å². The molecule has 3 fully saturated rings. The maximum absolute atomic E-state index is 12.7. The minimum Gasteiger partial charge on any atom is -0.484 e. The molecule has 6 heteroatoms. The molecule has 3 aliphatic rings. The predicted octanol–water partition coefficient (Wildman–Crippen LogP) is 1.86. The first-order chi connectivity index (χ1) is 14.7. The van der Waals surface area contributed by atoms with Gasteiger partial charge in [-0.05, 0) is 17.7 Å². The van der Waals surface area contributed by atoms with Crippen LogP contribution in [0.5, 0.6) is 5.75 Å². The number of likely N-dealkylation sites (tertiary alicyclic amines) is 1. The largest absolute Gasteiger partial charge is 0.484 e. The number of carbonyl (C=O) groups excluding carboxylic acids is 1. The molecular weight excluding hydrogens is 378 g/mol. The van der Waals surface area contributed by atoms with Crippen LogP contribution in [-0.4, -0.2) is 84.7 Å². The van der Waals surface area contributed by atoms with Crippen molar-refractivity contribution in [1.82, 2.24) is 14.7 Å². The van der Waals surface area contributed by atoms with Gasteiger partial charge in [0.2, 0.25) is 0 Å². The fraction of sp³-hybridized carbons (Fsp3) is 0.458. The molecule has 3 saturated heterocycles. The maximum atomic E-state index is 12.7. The fourth-order valence-corrected chi connectivity index (χ4v) is 5.14. The summed E-state index contributed by atoms with van der Waals surface area (Å²) in [6, 6.07) is 20.6. The number of amides is 1. The Hall–Kier alpha value is -2.41. The van der Waals surface area contributed by atoms with Gasteiger partial charge in [-0.15, -0.1) is 0 Å². The second-order valence-electron chi connectivity index (χ2n) is 8.65. The van der Waals surface area contributed by atoms with E-state index in [1.807, 2.05) is 35.2 Å². The average molecular weight is 408 g/mol. The smallest absolute Gasteiger partial charge is 0.260 e. The molecule has 0 aliphatic carbocycles. The number of para-hydroxylation sites is 1. The van der Waals surface area contributed by atoms with E-state index < -0.39 is 0 Å². The van der Waals surface area contributed by atoms with Crippen molar-refractivity contribution in [3.05, 3.63) is 66.2 Å². The van der Waals surface area contributed by atoms with Crippen molar-refractivity contribution in [1.29, 1.82) is 0 Å². The summed E-state index contributed by atoms with van der Waals surface area (Å²) in [5.41, 5.74) is 1.37. The predicted molar refractivity (Wildman–Crippen MR) is 114 cm³/mol. The van der Waals surface area contributed by atoms with E-state index in [0.29, 0.717) is 6.04 Å². The van der Waals surface area contributed by atoms with E-state index in [1.54, 1.807) is 0 Å². The molecule has 2 aromatic rings. The molecule has 158 valence electrons. The monoisotopic (exact) mass is 407 g/mol. The van der Waals surface area contributed by atoms with Crippen molar-refractivity contribution >= 4 is 5.91 Å². The van der Waals surface area contributed by atoms with Gasteiger partial charge in [-0.3, -0.25) is 14.6 Å². The summed E-state index contributed by atoms with van der Waals surface area (Å²) >= 11 is 0. The highest BCUT2D eigenvalue weighted by molar-refractivity contribution is 5.79. The Bertz CT molecular complexity index is 855. The van der Waals surface area contributed by atoms with Gasteiger partial charge in [0.25, 0.3) is 5.91 Å². The molecule has 1 spiro atoms. The van der Waals surface area contributed by atoms with Crippen molar-refractivity contribution in [3.63, 3.8) is 0 Å². The lowest BCUT2D eigenvalue weighted by Gasteiger charge is -2.63. The van der Waals surface area contributed by atoms with Crippen LogP contribution in [0.25, 0.3) is 0 Å². The molecule has 0 N–H and O–H groups in total. The van der Waals surface area contributed by atoms with Gasteiger partial charge in [0.1, 0.15) is 5.75 Å². The number of hydrogen-bond donors (Lipinski definition) is 0. The lowest BCUT2D eigenvalue weighted by atomic mass is 9.82. The maximum Gasteiger partial charge on any atom is 0.260 e. The van der Waals surface area contributed by atoms with Crippen LogP contribution in [0, 0.1) is 0 Å². The molecule has 0 saturated carbocycles. The lowest BCUT2D eigenvalue weighted by molar-refractivity contribution is -0.178. The summed E-state index contributed by atoms with van der Waals surface area (Å²) in [6.45, 7) is 7.09. The highest BCUT2D eigenvalue weighted by atomic mass is 16.5. The SMILES string of the molecule is O=C(COc1ccccc1)N1CC2(CN(Cc3ccccc3)CC3COCCN32)C1. The summed E-state index contributed by atoms with van der Waals surface area (Å²) in [5.74, 6) is 0.801. The number of morpholine rings is 1. The number of fused-ring (bicyclic) bond motifs is 2. The number of ether oxygens (including phenoxy) is 2. The number of benzene rings is 2. The lowest BCUT2D eigenvalue weighted by Crippen LogP contribution is -2.81. The van der Waals surface area contributed by atoms with Crippen molar-refractivity contribution in [2.75, 3.05) is 52.5 Å². The fourth-order valence-electron chi connectivity index (χ4n) is 5.14. The second kappa shape index (κ2) is 8.38. The average Bonchev–Trinajstić information content (AvgIpc) is 2.76. The minimum atomic E-state index is 0.0316. The Kier molecular flexibility index (Phi) is 5.46. The van der Waals surface area contributed by atoms with Crippen LogP contribution in [-0.2, 0) is 16.1 Å². The van der Waals surface area contributed by atoms with Crippen molar-refractivity contribution in [2.24, 2.45) is 0 Å². The molecule has 0 aromatic heterocycles. The van der Waals surface area contributed by atoms with Crippen LogP contribution >= 0.6 is 0 Å². The molecule has 30 heavy (non-hydrogen) atoms. The zero-order valence-corrected chi connectivity index (χ0v) is 17.3. The summed E-state index contributed by atoms with van der Waals surface area (Å²) in [4.78, 5) is 19.8. The molecular formula is C24H29N3O3. The van der Waals surface area contributed by atoms with Gasteiger partial charge in [-0.2, -0.15) is 0 Å². The first kappa shape index (κ1) is 19.5. The number of hydrogen-bond acceptors (Lipinski definition) is 5. The summed E-state index contributed by atoms with van der Waals surface area (Å²) < 4.78 is 11.5. The quantitative estimate of drug-likeness (QED) is 0.757. The van der Waals surface area contributed by atoms with Crippen LogP contribution in [0.1, 0.15) is 5.56 Å². The van der Waals surface area contributed by atoms with E-state index in [9.17, 15) is 4.79 Å². The van der Waals surface area contributed by atoms with Crippen LogP contribution in [0.2, 0.25) is 0 Å². The van der Waals surface area contributed by atoms with Crippen molar-refractivity contribution in [2.45, 2.75) is 18.1 Å². The highest BCUT2D eigenvalue weighted by Crippen LogP contribution is 2.36. The minimum absolute atomic E-state index is 0.0316. The van der Waals surface area contributed by atoms with Crippen LogP contribution < -0.4 is 4.74 Å². The molecule has 1 unspecified atom stereocenters. The number of nitrogens with zero attached hydrogens (tertiary/aromatic N) is 3. The van der Waals surface area contributed by atoms with Crippen molar-refractivity contribution in [3.8, 4) is 5.75 Å². The Balaban J connectivity index is 1.23. The number of rotatable bonds is 5. The molecule has 1 atom stereocenters. The highest BCUT2D eigenvalue weighted by Gasteiger charge is 2.55. The van der Waals surface area contributed by atoms with Gasteiger partial charge in [0, 0.05) is 45.3 Å². The van der Waals surface area contributed by atoms with E-state index in [1.165, 1.54) is 5.56 Å². The van der Waals surface area contributed by atoms with Gasteiger partial charge < -0.3 is 14.4 Å². The zero-order valence-electron chi connectivity index (χ0n) is 17.3. The normalized spacial score (nSPS) is 23.6. The third-order valence-corrected chi connectivity index (χ3v) is 6.50. The molecule has 3 aliphatic heterocycles. The summed E-state index contributed by atoms with van der Waals surface area (Å²) in [6.07, 6.45) is 0. The van der Waals surface area contributed by atoms with E-state index in [0.717, 1.165) is 58.2 Å². The van der Waals surface area contributed by atoms with Crippen LogP contribution in [0.15, 0.2) is 60.7 Å². The molecule has 3 heterocycles. The third kappa shape index (κ3) is 3.95. The number of carbonyl (C=O) groups is 1. The Labute approximate surface area is 178 Å². The third-order valence-electron chi connectivity index (χ3n) is 6.50. The summed E-state index contributed by atoms with van der Waals surface area (Å²) in [7, 11) is 0. The van der Waals surface area contributed by atoms with Crippen LogP contribution in [0.3, 0.4) is 0 Å². The van der Waals surface area contributed by atoms with Crippen LogP contribution in [0.4, 0.5) is 0 Å².